The summed E-state index contributed by atoms with van der Waals surface area (Å²) < 4.78 is 5.03. The quantitative estimate of drug-likeness (QED) is 0.766. The standard InChI is InChI=1S/C14H10N4O3S/c15-12(19)10-7-22-14(16-10)17-13(20)11-6-9(18-21-11)8-4-2-1-3-5-8/h1-7H,(H2,15,19)(H,16,17,20). The van der Waals surface area contributed by atoms with Gasteiger partial charge in [-0.1, -0.05) is 35.5 Å². The number of hydrogen-bond donors (Lipinski definition) is 2. The van der Waals surface area contributed by atoms with Crippen molar-refractivity contribution >= 4 is 28.3 Å². The van der Waals surface area contributed by atoms with Gasteiger partial charge in [0.05, 0.1) is 0 Å². The number of rotatable bonds is 4. The summed E-state index contributed by atoms with van der Waals surface area (Å²) in [6.07, 6.45) is 0. The van der Waals surface area contributed by atoms with E-state index in [-0.39, 0.29) is 16.6 Å². The number of amides is 2. The van der Waals surface area contributed by atoms with Crippen molar-refractivity contribution in [1.29, 1.82) is 0 Å². The minimum Gasteiger partial charge on any atom is -0.364 e. The predicted molar refractivity (Wildman–Crippen MR) is 80.5 cm³/mol. The first kappa shape index (κ1) is 14.0. The van der Waals surface area contributed by atoms with Crippen LogP contribution in [0.15, 0.2) is 46.3 Å². The second kappa shape index (κ2) is 5.78. The summed E-state index contributed by atoms with van der Waals surface area (Å²) in [4.78, 5) is 26.9. The molecule has 0 bridgehead atoms. The van der Waals surface area contributed by atoms with E-state index in [0.29, 0.717) is 5.69 Å². The molecule has 8 heteroatoms. The van der Waals surface area contributed by atoms with Gasteiger partial charge >= 0.3 is 0 Å². The summed E-state index contributed by atoms with van der Waals surface area (Å²) in [5.41, 5.74) is 6.60. The average molecular weight is 314 g/mol. The molecule has 0 aliphatic heterocycles. The predicted octanol–water partition coefficient (Wildman–Crippen LogP) is 2.15. The summed E-state index contributed by atoms with van der Waals surface area (Å²) in [7, 11) is 0. The first-order valence-electron chi connectivity index (χ1n) is 6.22. The lowest BCUT2D eigenvalue weighted by Crippen LogP contribution is -2.13. The molecule has 0 fully saturated rings. The Balaban J connectivity index is 1.75. The smallest absolute Gasteiger partial charge is 0.296 e. The van der Waals surface area contributed by atoms with Crippen molar-refractivity contribution in [3.05, 3.63) is 53.2 Å². The number of anilines is 1. The lowest BCUT2D eigenvalue weighted by Gasteiger charge is -1.95. The minimum atomic E-state index is -0.650. The normalized spacial score (nSPS) is 10.4. The van der Waals surface area contributed by atoms with Gasteiger partial charge in [0.15, 0.2) is 5.13 Å². The zero-order valence-corrected chi connectivity index (χ0v) is 12.0. The van der Waals surface area contributed by atoms with Crippen LogP contribution in [0.25, 0.3) is 11.3 Å². The van der Waals surface area contributed by atoms with Gasteiger partial charge in [0, 0.05) is 17.0 Å². The van der Waals surface area contributed by atoms with Gasteiger partial charge in [-0.05, 0) is 0 Å². The monoisotopic (exact) mass is 314 g/mol. The molecular weight excluding hydrogens is 304 g/mol. The zero-order chi connectivity index (χ0) is 15.5. The van der Waals surface area contributed by atoms with Crippen LogP contribution in [-0.4, -0.2) is 22.0 Å². The molecule has 110 valence electrons. The van der Waals surface area contributed by atoms with E-state index in [9.17, 15) is 9.59 Å². The third-order valence-electron chi connectivity index (χ3n) is 2.78. The molecule has 3 rings (SSSR count). The van der Waals surface area contributed by atoms with E-state index in [0.717, 1.165) is 16.9 Å². The van der Waals surface area contributed by atoms with Crippen LogP contribution in [0, 0.1) is 0 Å². The Kier molecular flexibility index (Phi) is 3.67. The van der Waals surface area contributed by atoms with Crippen LogP contribution in [0.1, 0.15) is 21.0 Å². The fourth-order valence-corrected chi connectivity index (χ4v) is 2.43. The van der Waals surface area contributed by atoms with E-state index in [1.807, 2.05) is 30.3 Å². The number of nitrogens with zero attached hydrogens (tertiary/aromatic N) is 2. The Morgan fingerprint density at radius 3 is 2.68 bits per heavy atom. The molecule has 0 aliphatic carbocycles. The first-order valence-corrected chi connectivity index (χ1v) is 7.10. The molecule has 3 aromatic rings. The fourth-order valence-electron chi connectivity index (χ4n) is 1.73. The number of carbonyl (C=O) groups is 2. The Morgan fingerprint density at radius 1 is 1.23 bits per heavy atom. The van der Waals surface area contributed by atoms with Crippen LogP contribution < -0.4 is 11.1 Å². The largest absolute Gasteiger partial charge is 0.364 e. The van der Waals surface area contributed by atoms with E-state index in [1.54, 1.807) is 0 Å². The second-order valence-electron chi connectivity index (χ2n) is 4.30. The van der Waals surface area contributed by atoms with Crippen molar-refractivity contribution in [2.45, 2.75) is 0 Å². The molecule has 2 amide bonds. The molecule has 7 nitrogen and oxygen atoms in total. The van der Waals surface area contributed by atoms with E-state index in [2.05, 4.69) is 15.5 Å². The maximum absolute atomic E-state index is 12.0. The molecule has 0 atom stereocenters. The highest BCUT2D eigenvalue weighted by Gasteiger charge is 2.16. The van der Waals surface area contributed by atoms with Crippen LogP contribution >= 0.6 is 11.3 Å². The van der Waals surface area contributed by atoms with Gasteiger partial charge in [0.1, 0.15) is 11.4 Å². The number of benzene rings is 1. The highest BCUT2D eigenvalue weighted by Crippen LogP contribution is 2.20. The molecule has 0 aliphatic rings. The van der Waals surface area contributed by atoms with Crippen molar-refractivity contribution in [3.8, 4) is 11.3 Å². The lowest BCUT2D eigenvalue weighted by molar-refractivity contribution is 0.0980. The van der Waals surface area contributed by atoms with Crippen molar-refractivity contribution in [1.82, 2.24) is 10.1 Å². The van der Waals surface area contributed by atoms with Gasteiger partial charge in [-0.3, -0.25) is 14.9 Å². The SMILES string of the molecule is NC(=O)c1csc(NC(=O)c2cc(-c3ccccc3)no2)n1. The number of thiazole rings is 1. The van der Waals surface area contributed by atoms with E-state index in [1.165, 1.54) is 11.4 Å². The van der Waals surface area contributed by atoms with Crippen LogP contribution in [0.5, 0.6) is 0 Å². The lowest BCUT2D eigenvalue weighted by atomic mass is 10.1. The maximum atomic E-state index is 12.0. The molecular formula is C14H10N4O3S. The summed E-state index contributed by atoms with van der Waals surface area (Å²) in [5, 5.41) is 8.11. The molecule has 2 aromatic heterocycles. The van der Waals surface area contributed by atoms with Crippen molar-refractivity contribution in [2.75, 3.05) is 5.32 Å². The van der Waals surface area contributed by atoms with Crippen molar-refractivity contribution in [2.24, 2.45) is 5.73 Å². The number of primary amides is 1. The molecule has 0 spiro atoms. The molecule has 0 unspecified atom stereocenters. The number of aromatic nitrogens is 2. The van der Waals surface area contributed by atoms with Gasteiger partial charge in [0.2, 0.25) is 5.76 Å². The number of hydrogen-bond acceptors (Lipinski definition) is 6. The summed E-state index contributed by atoms with van der Waals surface area (Å²) in [5.74, 6) is -1.10. The highest BCUT2D eigenvalue weighted by molar-refractivity contribution is 7.14. The third kappa shape index (κ3) is 2.86. The first-order chi connectivity index (χ1) is 10.6. The molecule has 22 heavy (non-hydrogen) atoms. The van der Waals surface area contributed by atoms with Gasteiger partial charge in [-0.15, -0.1) is 11.3 Å². The van der Waals surface area contributed by atoms with Crippen molar-refractivity contribution in [3.63, 3.8) is 0 Å². The van der Waals surface area contributed by atoms with Gasteiger partial charge in [-0.25, -0.2) is 4.98 Å². The van der Waals surface area contributed by atoms with Gasteiger partial charge in [0.25, 0.3) is 11.8 Å². The summed E-state index contributed by atoms with van der Waals surface area (Å²) in [6, 6.07) is 10.9. The molecule has 3 N–H and O–H groups in total. The van der Waals surface area contributed by atoms with E-state index in [4.69, 9.17) is 10.3 Å². The molecule has 0 saturated heterocycles. The second-order valence-corrected chi connectivity index (χ2v) is 5.16. The number of nitrogens with two attached hydrogens (primary N) is 1. The Labute approximate surface area is 128 Å². The Morgan fingerprint density at radius 2 is 2.00 bits per heavy atom. The van der Waals surface area contributed by atoms with Crippen molar-refractivity contribution < 1.29 is 14.1 Å². The highest BCUT2D eigenvalue weighted by atomic mass is 32.1. The Hall–Kier alpha value is -3.00. The van der Waals surface area contributed by atoms with Crippen LogP contribution in [0.4, 0.5) is 5.13 Å². The maximum Gasteiger partial charge on any atom is 0.296 e. The molecule has 0 saturated carbocycles. The topological polar surface area (TPSA) is 111 Å². The molecule has 2 heterocycles. The molecule has 1 aromatic carbocycles. The van der Waals surface area contributed by atoms with E-state index >= 15 is 0 Å². The van der Waals surface area contributed by atoms with Crippen LogP contribution in [0.3, 0.4) is 0 Å². The average Bonchev–Trinajstić information content (AvgIpc) is 3.17. The van der Waals surface area contributed by atoms with E-state index < -0.39 is 11.8 Å². The number of carbonyl (C=O) groups excluding carboxylic acids is 2. The van der Waals surface area contributed by atoms with Gasteiger partial charge < -0.3 is 10.3 Å². The van der Waals surface area contributed by atoms with Crippen LogP contribution in [-0.2, 0) is 0 Å². The zero-order valence-electron chi connectivity index (χ0n) is 11.1. The minimum absolute atomic E-state index is 0.0506. The van der Waals surface area contributed by atoms with Gasteiger partial charge in [-0.2, -0.15) is 0 Å². The Bertz CT molecular complexity index is 825. The summed E-state index contributed by atoms with van der Waals surface area (Å²) >= 11 is 1.10. The van der Waals surface area contributed by atoms with Crippen LogP contribution in [0.2, 0.25) is 0 Å². The number of nitrogens with one attached hydrogen (secondary N) is 1. The summed E-state index contributed by atoms with van der Waals surface area (Å²) in [6.45, 7) is 0. The third-order valence-corrected chi connectivity index (χ3v) is 3.54. The molecule has 0 radical (unpaired) electrons. The fraction of sp³-hybridized carbons (Fsp3) is 0.